The molecule has 2 amide bonds. The quantitative estimate of drug-likeness (QED) is 0.433. The summed E-state index contributed by atoms with van der Waals surface area (Å²) in [6.45, 7) is 1.19. The lowest BCUT2D eigenvalue weighted by Gasteiger charge is -2.24. The van der Waals surface area contributed by atoms with Crippen LogP contribution in [0.3, 0.4) is 0 Å². The minimum atomic E-state index is -0.292. The van der Waals surface area contributed by atoms with Crippen LogP contribution in [-0.4, -0.2) is 36.9 Å². The van der Waals surface area contributed by atoms with Crippen molar-refractivity contribution in [3.63, 3.8) is 0 Å². The molecule has 0 heterocycles. The third kappa shape index (κ3) is 6.71. The van der Waals surface area contributed by atoms with Gasteiger partial charge in [-0.1, -0.05) is 29.3 Å². The lowest BCUT2D eigenvalue weighted by atomic mass is 10.1. The largest absolute Gasteiger partial charge is 0.497 e. The summed E-state index contributed by atoms with van der Waals surface area (Å²) in [6.07, 6.45) is 0.644. The molecule has 0 saturated carbocycles. The molecule has 3 aromatic rings. The Bertz CT molecular complexity index is 1120. The number of amides is 2. The second-order valence-corrected chi connectivity index (χ2v) is 8.21. The molecule has 0 unspecified atom stereocenters. The first-order valence-electron chi connectivity index (χ1n) is 10.4. The van der Waals surface area contributed by atoms with Gasteiger partial charge in [0.1, 0.15) is 5.75 Å². The summed E-state index contributed by atoms with van der Waals surface area (Å²) in [5.41, 5.74) is 7.94. The highest BCUT2D eigenvalue weighted by atomic mass is 35.5. The van der Waals surface area contributed by atoms with Crippen molar-refractivity contribution in [1.29, 1.82) is 0 Å². The van der Waals surface area contributed by atoms with E-state index in [1.807, 2.05) is 0 Å². The summed E-state index contributed by atoms with van der Waals surface area (Å²) in [7, 11) is 1.57. The molecule has 0 saturated heterocycles. The topological polar surface area (TPSA) is 84.7 Å². The van der Waals surface area contributed by atoms with Gasteiger partial charge in [0.2, 0.25) is 0 Å². The molecule has 0 atom stereocenters. The van der Waals surface area contributed by atoms with Crippen LogP contribution in [0.25, 0.3) is 0 Å². The molecule has 3 N–H and O–H groups in total. The van der Waals surface area contributed by atoms with E-state index in [0.29, 0.717) is 57.7 Å². The number of carbonyl (C=O) groups is 2. The van der Waals surface area contributed by atoms with E-state index in [4.69, 9.17) is 33.7 Å². The van der Waals surface area contributed by atoms with Gasteiger partial charge < -0.3 is 20.7 Å². The highest BCUT2D eigenvalue weighted by Gasteiger charge is 2.18. The van der Waals surface area contributed by atoms with Crippen LogP contribution in [0.15, 0.2) is 66.7 Å². The molecular formula is C25H25Cl2N3O3. The van der Waals surface area contributed by atoms with Gasteiger partial charge >= 0.3 is 0 Å². The third-order valence-corrected chi connectivity index (χ3v) is 5.61. The summed E-state index contributed by atoms with van der Waals surface area (Å²) in [6, 6.07) is 18.8. The molecule has 0 aromatic heterocycles. The molecule has 0 aliphatic heterocycles. The van der Waals surface area contributed by atoms with Crippen LogP contribution in [0, 0.1) is 0 Å². The molecule has 0 aliphatic carbocycles. The van der Waals surface area contributed by atoms with Crippen LogP contribution in [0.1, 0.15) is 32.7 Å². The standard InChI is InChI=1S/C25H25Cl2N3O3/c1-33-22-9-6-17(7-10-22)25(32)30(13-3-12-28)16-19-15-21(8-11-23(19)27)29-24(31)18-4-2-5-20(26)14-18/h2,4-11,14-15H,3,12-13,16,28H2,1H3,(H,29,31). The summed E-state index contributed by atoms with van der Waals surface area (Å²) >= 11 is 12.4. The smallest absolute Gasteiger partial charge is 0.255 e. The van der Waals surface area contributed by atoms with E-state index in [-0.39, 0.29) is 18.4 Å². The minimum Gasteiger partial charge on any atom is -0.497 e. The molecule has 0 fully saturated rings. The van der Waals surface area contributed by atoms with Crippen LogP contribution >= 0.6 is 23.2 Å². The highest BCUT2D eigenvalue weighted by Crippen LogP contribution is 2.24. The lowest BCUT2D eigenvalue weighted by Crippen LogP contribution is -2.32. The maximum atomic E-state index is 13.2. The summed E-state index contributed by atoms with van der Waals surface area (Å²) in [4.78, 5) is 27.4. The number of methoxy groups -OCH3 is 1. The normalized spacial score (nSPS) is 10.5. The van der Waals surface area contributed by atoms with E-state index in [1.54, 1.807) is 78.7 Å². The van der Waals surface area contributed by atoms with Gasteiger partial charge in [-0.25, -0.2) is 0 Å². The number of hydrogen-bond acceptors (Lipinski definition) is 4. The Morgan fingerprint density at radius 3 is 2.42 bits per heavy atom. The number of hydrogen-bond donors (Lipinski definition) is 2. The molecule has 8 heteroatoms. The van der Waals surface area contributed by atoms with Crippen molar-refractivity contribution in [1.82, 2.24) is 4.90 Å². The van der Waals surface area contributed by atoms with Crippen molar-refractivity contribution in [2.75, 3.05) is 25.5 Å². The molecular weight excluding hydrogens is 461 g/mol. The fraction of sp³-hybridized carbons (Fsp3) is 0.200. The number of carbonyl (C=O) groups excluding carboxylic acids is 2. The van der Waals surface area contributed by atoms with E-state index < -0.39 is 0 Å². The number of anilines is 1. The maximum absolute atomic E-state index is 13.2. The van der Waals surface area contributed by atoms with Crippen LogP contribution in [0.4, 0.5) is 5.69 Å². The van der Waals surface area contributed by atoms with Crippen LogP contribution < -0.4 is 15.8 Å². The molecule has 0 radical (unpaired) electrons. The lowest BCUT2D eigenvalue weighted by molar-refractivity contribution is 0.0742. The Morgan fingerprint density at radius 2 is 1.76 bits per heavy atom. The van der Waals surface area contributed by atoms with Crippen molar-refractivity contribution in [2.45, 2.75) is 13.0 Å². The molecule has 172 valence electrons. The van der Waals surface area contributed by atoms with E-state index in [1.165, 1.54) is 0 Å². The first-order chi connectivity index (χ1) is 15.9. The van der Waals surface area contributed by atoms with Gasteiger partial charge in [-0.3, -0.25) is 9.59 Å². The van der Waals surface area contributed by atoms with Crippen molar-refractivity contribution >= 4 is 40.7 Å². The number of nitrogens with two attached hydrogens (primary N) is 1. The highest BCUT2D eigenvalue weighted by molar-refractivity contribution is 6.31. The second kappa shape index (κ2) is 11.7. The SMILES string of the molecule is COc1ccc(C(=O)N(CCCN)Cc2cc(NC(=O)c3cccc(Cl)c3)ccc2Cl)cc1. The monoisotopic (exact) mass is 485 g/mol. The van der Waals surface area contributed by atoms with E-state index in [2.05, 4.69) is 5.32 Å². The van der Waals surface area contributed by atoms with Crippen molar-refractivity contribution < 1.29 is 14.3 Å². The Labute approximate surface area is 203 Å². The molecule has 0 aliphatic rings. The Balaban J connectivity index is 1.80. The van der Waals surface area contributed by atoms with E-state index in [0.717, 1.165) is 0 Å². The minimum absolute atomic E-state index is 0.143. The summed E-state index contributed by atoms with van der Waals surface area (Å²) < 4.78 is 5.17. The molecule has 0 spiro atoms. The van der Waals surface area contributed by atoms with Gasteiger partial charge in [0, 0.05) is 39.9 Å². The zero-order valence-electron chi connectivity index (χ0n) is 18.2. The Kier molecular flexibility index (Phi) is 8.72. The summed E-state index contributed by atoms with van der Waals surface area (Å²) in [5.74, 6) is 0.238. The molecule has 6 nitrogen and oxygen atoms in total. The zero-order valence-corrected chi connectivity index (χ0v) is 19.7. The number of halogens is 2. The van der Waals surface area contributed by atoms with E-state index >= 15 is 0 Å². The van der Waals surface area contributed by atoms with Gasteiger partial charge in [0.25, 0.3) is 11.8 Å². The van der Waals surface area contributed by atoms with Gasteiger partial charge in [-0.2, -0.15) is 0 Å². The fourth-order valence-corrected chi connectivity index (χ4v) is 3.63. The number of rotatable bonds is 9. The number of nitrogens with one attached hydrogen (secondary N) is 1. The van der Waals surface area contributed by atoms with Gasteiger partial charge in [0.15, 0.2) is 0 Å². The Morgan fingerprint density at radius 1 is 1.00 bits per heavy atom. The molecule has 3 rings (SSSR count). The predicted molar refractivity (Wildman–Crippen MR) is 132 cm³/mol. The second-order valence-electron chi connectivity index (χ2n) is 7.37. The van der Waals surface area contributed by atoms with Crippen LogP contribution in [0.5, 0.6) is 5.75 Å². The number of ether oxygens (including phenoxy) is 1. The third-order valence-electron chi connectivity index (χ3n) is 5.01. The fourth-order valence-electron chi connectivity index (χ4n) is 3.26. The predicted octanol–water partition coefficient (Wildman–Crippen LogP) is 5.25. The average Bonchev–Trinajstić information content (AvgIpc) is 2.83. The van der Waals surface area contributed by atoms with Gasteiger partial charge in [0.05, 0.1) is 7.11 Å². The average molecular weight is 486 g/mol. The van der Waals surface area contributed by atoms with Crippen LogP contribution in [0.2, 0.25) is 10.0 Å². The van der Waals surface area contributed by atoms with Crippen molar-refractivity contribution in [3.8, 4) is 5.75 Å². The molecule has 0 bridgehead atoms. The van der Waals surface area contributed by atoms with Crippen molar-refractivity contribution in [3.05, 3.63) is 93.5 Å². The van der Waals surface area contributed by atoms with Crippen molar-refractivity contribution in [2.24, 2.45) is 5.73 Å². The van der Waals surface area contributed by atoms with Crippen LogP contribution in [-0.2, 0) is 6.54 Å². The first-order valence-corrected chi connectivity index (χ1v) is 11.2. The molecule has 33 heavy (non-hydrogen) atoms. The Hall–Kier alpha value is -3.06. The zero-order chi connectivity index (χ0) is 23.8. The van der Waals surface area contributed by atoms with E-state index in [9.17, 15) is 9.59 Å². The van der Waals surface area contributed by atoms with Gasteiger partial charge in [-0.05, 0) is 79.2 Å². The molecule has 3 aromatic carbocycles. The number of benzene rings is 3. The number of nitrogens with zero attached hydrogens (tertiary/aromatic N) is 1. The maximum Gasteiger partial charge on any atom is 0.255 e. The summed E-state index contributed by atoms with van der Waals surface area (Å²) in [5, 5.41) is 3.82. The first kappa shape index (κ1) is 24.6. The van der Waals surface area contributed by atoms with Gasteiger partial charge in [-0.15, -0.1) is 0 Å².